The summed E-state index contributed by atoms with van der Waals surface area (Å²) in [5, 5.41) is 6.91. The van der Waals surface area contributed by atoms with Crippen molar-refractivity contribution >= 4 is 27.5 Å². The number of hydrogen-bond donors (Lipinski definition) is 1. The molecule has 6 heteroatoms. The van der Waals surface area contributed by atoms with Gasteiger partial charge < -0.3 is 9.84 Å². The Kier molecular flexibility index (Phi) is 6.06. The van der Waals surface area contributed by atoms with Gasteiger partial charge in [0.25, 0.3) is 0 Å². The first-order valence-corrected chi connectivity index (χ1v) is 9.70. The van der Waals surface area contributed by atoms with E-state index in [1.807, 2.05) is 37.3 Å². The van der Waals surface area contributed by atoms with E-state index in [-0.39, 0.29) is 12.3 Å². The molecule has 2 aromatic carbocycles. The highest BCUT2D eigenvalue weighted by molar-refractivity contribution is 9.10. The molecule has 0 aliphatic heterocycles. The van der Waals surface area contributed by atoms with Gasteiger partial charge in [-0.3, -0.25) is 4.79 Å². The monoisotopic (exact) mass is 427 g/mol. The minimum Gasteiger partial charge on any atom is -0.339 e. The van der Waals surface area contributed by atoms with E-state index in [4.69, 9.17) is 4.52 Å². The molecule has 1 N–H and O–H groups in total. The number of aromatic nitrogens is 2. The Morgan fingerprint density at radius 3 is 2.59 bits per heavy atom. The van der Waals surface area contributed by atoms with Gasteiger partial charge in [-0.15, -0.1) is 0 Å². The van der Waals surface area contributed by atoms with E-state index in [0.717, 1.165) is 21.3 Å². The number of amides is 1. The van der Waals surface area contributed by atoms with E-state index in [9.17, 15) is 4.79 Å². The van der Waals surface area contributed by atoms with E-state index in [1.54, 1.807) is 0 Å². The van der Waals surface area contributed by atoms with Crippen molar-refractivity contribution in [1.82, 2.24) is 10.1 Å². The number of aryl methyl sites for hydroxylation is 2. The number of rotatable bonds is 6. The van der Waals surface area contributed by atoms with Crippen LogP contribution in [0, 0.1) is 6.92 Å². The molecule has 3 rings (SSSR count). The smallest absolute Gasteiger partial charge is 0.227 e. The predicted octanol–water partition coefficient (Wildman–Crippen LogP) is 5.50. The lowest BCUT2D eigenvalue weighted by Crippen LogP contribution is -2.12. The second-order valence-electron chi connectivity index (χ2n) is 6.82. The average Bonchev–Trinajstić information content (AvgIpc) is 3.11. The van der Waals surface area contributed by atoms with Gasteiger partial charge in [0.15, 0.2) is 0 Å². The summed E-state index contributed by atoms with van der Waals surface area (Å²) in [6.07, 6.45) is 0.667. The van der Waals surface area contributed by atoms with Gasteiger partial charge in [-0.2, -0.15) is 4.98 Å². The molecule has 0 spiro atoms. The van der Waals surface area contributed by atoms with Crippen LogP contribution in [0.2, 0.25) is 0 Å². The lowest BCUT2D eigenvalue weighted by Gasteiger charge is -2.07. The molecule has 0 saturated heterocycles. The lowest BCUT2D eigenvalue weighted by atomic mass is 10.0. The van der Waals surface area contributed by atoms with Crippen molar-refractivity contribution in [2.24, 2.45) is 0 Å². The molecule has 0 saturated carbocycles. The van der Waals surface area contributed by atoms with Crippen LogP contribution in [0.15, 0.2) is 51.5 Å². The van der Waals surface area contributed by atoms with E-state index in [0.29, 0.717) is 24.1 Å². The summed E-state index contributed by atoms with van der Waals surface area (Å²) in [4.78, 5) is 16.6. The maximum atomic E-state index is 12.2. The van der Waals surface area contributed by atoms with Crippen molar-refractivity contribution in [2.75, 3.05) is 5.32 Å². The molecule has 27 heavy (non-hydrogen) atoms. The van der Waals surface area contributed by atoms with Gasteiger partial charge in [0.2, 0.25) is 17.6 Å². The Morgan fingerprint density at radius 2 is 1.93 bits per heavy atom. The molecular formula is C21H22BrN3O2. The summed E-state index contributed by atoms with van der Waals surface area (Å²) in [5.74, 6) is 1.38. The zero-order valence-electron chi connectivity index (χ0n) is 15.6. The summed E-state index contributed by atoms with van der Waals surface area (Å²) in [6.45, 7) is 6.31. The molecule has 0 radical (unpaired) electrons. The second kappa shape index (κ2) is 8.48. The molecule has 1 heterocycles. The number of carbonyl (C=O) groups is 1. The number of hydrogen-bond acceptors (Lipinski definition) is 4. The highest BCUT2D eigenvalue weighted by Gasteiger charge is 2.12. The van der Waals surface area contributed by atoms with Crippen LogP contribution >= 0.6 is 15.9 Å². The highest BCUT2D eigenvalue weighted by atomic mass is 79.9. The van der Waals surface area contributed by atoms with Crippen molar-refractivity contribution in [3.05, 3.63) is 64.0 Å². The molecule has 3 aromatic rings. The van der Waals surface area contributed by atoms with Crippen molar-refractivity contribution in [2.45, 2.75) is 39.5 Å². The molecule has 0 atom stereocenters. The SMILES string of the molecule is Cc1ccc(NC(=O)CCc2nc(-c3ccc(C(C)C)cc3)no2)c(Br)c1. The van der Waals surface area contributed by atoms with Crippen molar-refractivity contribution < 1.29 is 9.32 Å². The summed E-state index contributed by atoms with van der Waals surface area (Å²) >= 11 is 3.46. The van der Waals surface area contributed by atoms with Gasteiger partial charge in [0.05, 0.1) is 5.69 Å². The van der Waals surface area contributed by atoms with Crippen LogP contribution in [0.25, 0.3) is 11.4 Å². The zero-order chi connectivity index (χ0) is 19.4. The number of nitrogens with zero attached hydrogens (tertiary/aromatic N) is 2. The first-order chi connectivity index (χ1) is 12.9. The third-order valence-electron chi connectivity index (χ3n) is 4.27. The molecule has 0 aliphatic rings. The Bertz CT molecular complexity index is 933. The van der Waals surface area contributed by atoms with Crippen LogP contribution in [-0.4, -0.2) is 16.0 Å². The van der Waals surface area contributed by atoms with Gasteiger partial charge in [0, 0.05) is 22.9 Å². The maximum absolute atomic E-state index is 12.2. The van der Waals surface area contributed by atoms with Crippen LogP contribution in [0.3, 0.4) is 0 Å². The normalized spacial score (nSPS) is 11.0. The van der Waals surface area contributed by atoms with Gasteiger partial charge in [-0.05, 0) is 52.0 Å². The standard InChI is InChI=1S/C21H22BrN3O2/c1-13(2)15-5-7-16(8-6-15)21-24-20(27-25-21)11-10-19(26)23-18-9-4-14(3)12-17(18)22/h4-9,12-13H,10-11H2,1-3H3,(H,23,26). The fraction of sp³-hybridized carbons (Fsp3) is 0.286. The molecule has 0 fully saturated rings. The van der Waals surface area contributed by atoms with Gasteiger partial charge >= 0.3 is 0 Å². The molecule has 1 aromatic heterocycles. The number of anilines is 1. The zero-order valence-corrected chi connectivity index (χ0v) is 17.2. The molecule has 0 aliphatic carbocycles. The number of nitrogens with one attached hydrogen (secondary N) is 1. The summed E-state index contributed by atoms with van der Waals surface area (Å²) in [6, 6.07) is 13.9. The van der Waals surface area contributed by atoms with Gasteiger partial charge in [-0.25, -0.2) is 0 Å². The van der Waals surface area contributed by atoms with Crippen LogP contribution in [0.1, 0.15) is 43.2 Å². The van der Waals surface area contributed by atoms with Crippen molar-refractivity contribution in [3.63, 3.8) is 0 Å². The predicted molar refractivity (Wildman–Crippen MR) is 110 cm³/mol. The summed E-state index contributed by atoms with van der Waals surface area (Å²) in [5.41, 5.74) is 4.05. The minimum atomic E-state index is -0.0967. The van der Waals surface area contributed by atoms with Crippen LogP contribution in [0.5, 0.6) is 0 Å². The molecule has 5 nitrogen and oxygen atoms in total. The number of halogens is 1. The van der Waals surface area contributed by atoms with E-state index >= 15 is 0 Å². The highest BCUT2D eigenvalue weighted by Crippen LogP contribution is 2.24. The van der Waals surface area contributed by atoms with Crippen LogP contribution in [-0.2, 0) is 11.2 Å². The Labute approximate surface area is 167 Å². The maximum Gasteiger partial charge on any atom is 0.227 e. The molecule has 0 unspecified atom stereocenters. The quantitative estimate of drug-likeness (QED) is 0.563. The number of benzene rings is 2. The first kappa shape index (κ1) is 19.3. The van der Waals surface area contributed by atoms with E-state index < -0.39 is 0 Å². The fourth-order valence-corrected chi connectivity index (χ4v) is 3.24. The summed E-state index contributed by atoms with van der Waals surface area (Å²) < 4.78 is 6.15. The molecule has 0 bridgehead atoms. The second-order valence-corrected chi connectivity index (χ2v) is 7.67. The molecule has 1 amide bonds. The van der Waals surface area contributed by atoms with Gasteiger partial charge in [-0.1, -0.05) is 49.3 Å². The third-order valence-corrected chi connectivity index (χ3v) is 4.92. The van der Waals surface area contributed by atoms with Crippen molar-refractivity contribution in [1.29, 1.82) is 0 Å². The third kappa shape index (κ3) is 5.04. The minimum absolute atomic E-state index is 0.0967. The van der Waals surface area contributed by atoms with Gasteiger partial charge in [0.1, 0.15) is 0 Å². The fourth-order valence-electron chi connectivity index (χ4n) is 2.65. The average molecular weight is 428 g/mol. The number of carbonyl (C=O) groups excluding carboxylic acids is 1. The van der Waals surface area contributed by atoms with Crippen LogP contribution in [0.4, 0.5) is 5.69 Å². The lowest BCUT2D eigenvalue weighted by molar-refractivity contribution is -0.116. The topological polar surface area (TPSA) is 68.0 Å². The first-order valence-electron chi connectivity index (χ1n) is 8.91. The largest absolute Gasteiger partial charge is 0.339 e. The van der Waals surface area contributed by atoms with Crippen LogP contribution < -0.4 is 5.32 Å². The Morgan fingerprint density at radius 1 is 1.19 bits per heavy atom. The molecular weight excluding hydrogens is 406 g/mol. The Balaban J connectivity index is 1.58. The van der Waals surface area contributed by atoms with Crippen molar-refractivity contribution in [3.8, 4) is 11.4 Å². The Hall–Kier alpha value is -2.47. The molecule has 140 valence electrons. The van der Waals surface area contributed by atoms with E-state index in [2.05, 4.69) is 57.4 Å². The van der Waals surface area contributed by atoms with E-state index in [1.165, 1.54) is 5.56 Å². The summed E-state index contributed by atoms with van der Waals surface area (Å²) in [7, 11) is 0.